The van der Waals surface area contributed by atoms with Gasteiger partial charge in [0, 0.05) is 0 Å². The first-order valence-electron chi connectivity index (χ1n) is 7.23. The van der Waals surface area contributed by atoms with Crippen LogP contribution in [-0.2, 0) is 6.42 Å². The van der Waals surface area contributed by atoms with E-state index in [0.717, 1.165) is 18.4 Å². The molecule has 0 spiro atoms. The van der Waals surface area contributed by atoms with Crippen LogP contribution in [0.3, 0.4) is 0 Å². The number of hydrogen-bond acceptors (Lipinski definition) is 3. The molecule has 0 aliphatic heterocycles. The highest BCUT2D eigenvalue weighted by atomic mass is 16.5. The fourth-order valence-electron chi connectivity index (χ4n) is 2.15. The third-order valence-corrected chi connectivity index (χ3v) is 3.32. The van der Waals surface area contributed by atoms with E-state index in [1.54, 1.807) is 36.4 Å². The average Bonchev–Trinajstić information content (AvgIpc) is 2.50. The summed E-state index contributed by atoms with van der Waals surface area (Å²) in [5.74, 6) is 0.933. The summed E-state index contributed by atoms with van der Waals surface area (Å²) in [7, 11) is 0. The standard InChI is InChI=1S/C18H19NO2/c1-2-3-4-7-14-10-11-18(16(20)12-14)21-17-9-6-5-8-15(17)13-19/h5-6,8-12,20H,2-4,7H2,1H3. The van der Waals surface area contributed by atoms with E-state index < -0.39 is 0 Å². The van der Waals surface area contributed by atoms with E-state index in [2.05, 4.69) is 13.0 Å². The van der Waals surface area contributed by atoms with Crippen LogP contribution >= 0.6 is 0 Å². The molecule has 0 heterocycles. The molecule has 3 heteroatoms. The zero-order valence-corrected chi connectivity index (χ0v) is 12.2. The van der Waals surface area contributed by atoms with Crippen LogP contribution in [0, 0.1) is 11.3 Å². The number of para-hydroxylation sites is 1. The van der Waals surface area contributed by atoms with Crippen molar-refractivity contribution >= 4 is 0 Å². The molecule has 1 N–H and O–H groups in total. The van der Waals surface area contributed by atoms with E-state index in [1.807, 2.05) is 6.07 Å². The molecule has 21 heavy (non-hydrogen) atoms. The molecule has 0 saturated heterocycles. The van der Waals surface area contributed by atoms with Gasteiger partial charge in [-0.15, -0.1) is 0 Å². The molecule has 2 rings (SSSR count). The third kappa shape index (κ3) is 4.00. The maximum atomic E-state index is 10.1. The first-order valence-corrected chi connectivity index (χ1v) is 7.23. The van der Waals surface area contributed by atoms with E-state index in [0.29, 0.717) is 17.1 Å². The zero-order chi connectivity index (χ0) is 15.1. The number of aromatic hydroxyl groups is 1. The van der Waals surface area contributed by atoms with Crippen molar-refractivity contribution in [2.45, 2.75) is 32.6 Å². The van der Waals surface area contributed by atoms with Gasteiger partial charge in [-0.3, -0.25) is 0 Å². The molecule has 108 valence electrons. The minimum atomic E-state index is 0.108. The predicted octanol–water partition coefficient (Wildman–Crippen LogP) is 4.79. The molecule has 3 nitrogen and oxygen atoms in total. The van der Waals surface area contributed by atoms with E-state index >= 15 is 0 Å². The summed E-state index contributed by atoms with van der Waals surface area (Å²) in [6.45, 7) is 2.17. The highest BCUT2D eigenvalue weighted by Gasteiger charge is 2.08. The molecule has 0 amide bonds. The Morgan fingerprint density at radius 1 is 1.10 bits per heavy atom. The Labute approximate surface area is 125 Å². The number of rotatable bonds is 6. The van der Waals surface area contributed by atoms with Gasteiger partial charge in [0.1, 0.15) is 11.8 Å². The van der Waals surface area contributed by atoms with Crippen LogP contribution in [0.2, 0.25) is 0 Å². The number of phenolic OH excluding ortho intramolecular Hbond substituents is 1. The van der Waals surface area contributed by atoms with Crippen molar-refractivity contribution in [2.75, 3.05) is 0 Å². The van der Waals surface area contributed by atoms with Gasteiger partial charge in [-0.25, -0.2) is 0 Å². The Kier molecular flexibility index (Phi) is 5.22. The second kappa shape index (κ2) is 7.35. The van der Waals surface area contributed by atoms with Gasteiger partial charge in [0.15, 0.2) is 11.5 Å². The second-order valence-corrected chi connectivity index (χ2v) is 4.97. The normalized spacial score (nSPS) is 10.1. The summed E-state index contributed by atoms with van der Waals surface area (Å²) >= 11 is 0. The molecule has 0 saturated carbocycles. The zero-order valence-electron chi connectivity index (χ0n) is 12.2. The van der Waals surface area contributed by atoms with Gasteiger partial charge >= 0.3 is 0 Å². The minimum absolute atomic E-state index is 0.108. The Morgan fingerprint density at radius 3 is 2.62 bits per heavy atom. The van der Waals surface area contributed by atoms with Crippen molar-refractivity contribution < 1.29 is 9.84 Å². The van der Waals surface area contributed by atoms with Gasteiger partial charge in [-0.1, -0.05) is 38.0 Å². The van der Waals surface area contributed by atoms with Gasteiger partial charge in [-0.2, -0.15) is 5.26 Å². The smallest absolute Gasteiger partial charge is 0.169 e. The lowest BCUT2D eigenvalue weighted by Gasteiger charge is -2.10. The van der Waals surface area contributed by atoms with E-state index in [1.165, 1.54) is 12.8 Å². The highest BCUT2D eigenvalue weighted by molar-refractivity contribution is 5.49. The van der Waals surface area contributed by atoms with Crippen LogP contribution < -0.4 is 4.74 Å². The van der Waals surface area contributed by atoms with Crippen molar-refractivity contribution in [3.8, 4) is 23.3 Å². The quantitative estimate of drug-likeness (QED) is 0.774. The fraction of sp³-hybridized carbons (Fsp3) is 0.278. The number of benzene rings is 2. The van der Waals surface area contributed by atoms with E-state index in [4.69, 9.17) is 10.00 Å². The van der Waals surface area contributed by atoms with Gasteiger partial charge < -0.3 is 9.84 Å². The number of phenols is 1. The third-order valence-electron chi connectivity index (χ3n) is 3.32. The van der Waals surface area contributed by atoms with Crippen molar-refractivity contribution in [1.29, 1.82) is 5.26 Å². The summed E-state index contributed by atoms with van der Waals surface area (Å²) in [5.41, 5.74) is 1.55. The Bertz CT molecular complexity index is 644. The maximum absolute atomic E-state index is 10.1. The largest absolute Gasteiger partial charge is 0.504 e. The lowest BCUT2D eigenvalue weighted by molar-refractivity contribution is 0.410. The van der Waals surface area contributed by atoms with Gasteiger partial charge in [-0.05, 0) is 42.7 Å². The molecule has 0 fully saturated rings. The first-order chi connectivity index (χ1) is 10.2. The van der Waals surface area contributed by atoms with Crippen LogP contribution in [0.4, 0.5) is 0 Å². The van der Waals surface area contributed by atoms with Gasteiger partial charge in [0.05, 0.1) is 5.56 Å². The number of ether oxygens (including phenoxy) is 1. The summed E-state index contributed by atoms with van der Waals surface area (Å²) < 4.78 is 5.64. The molecule has 0 radical (unpaired) electrons. The number of unbranched alkanes of at least 4 members (excludes halogenated alkanes) is 2. The molecule has 0 aliphatic carbocycles. The van der Waals surface area contributed by atoms with Crippen LogP contribution in [0.25, 0.3) is 0 Å². The molecule has 0 aromatic heterocycles. The number of aryl methyl sites for hydroxylation is 1. The molecular formula is C18H19NO2. The van der Waals surface area contributed by atoms with E-state index in [9.17, 15) is 5.11 Å². The molecule has 0 bridgehead atoms. The molecule has 2 aromatic rings. The average molecular weight is 281 g/mol. The minimum Gasteiger partial charge on any atom is -0.504 e. The monoisotopic (exact) mass is 281 g/mol. The summed E-state index contributed by atoms with van der Waals surface area (Å²) in [4.78, 5) is 0. The van der Waals surface area contributed by atoms with Gasteiger partial charge in [0.25, 0.3) is 0 Å². The topological polar surface area (TPSA) is 53.2 Å². The van der Waals surface area contributed by atoms with Crippen LogP contribution in [0.1, 0.15) is 37.3 Å². The van der Waals surface area contributed by atoms with Crippen molar-refractivity contribution in [2.24, 2.45) is 0 Å². The molecule has 0 unspecified atom stereocenters. The number of hydrogen-bond donors (Lipinski definition) is 1. The Balaban J connectivity index is 2.12. The van der Waals surface area contributed by atoms with Crippen molar-refractivity contribution in [3.63, 3.8) is 0 Å². The van der Waals surface area contributed by atoms with Crippen LogP contribution in [0.5, 0.6) is 17.2 Å². The fourth-order valence-corrected chi connectivity index (χ4v) is 2.15. The SMILES string of the molecule is CCCCCc1ccc(Oc2ccccc2C#N)c(O)c1. The van der Waals surface area contributed by atoms with Crippen LogP contribution in [-0.4, -0.2) is 5.11 Å². The number of nitriles is 1. The lowest BCUT2D eigenvalue weighted by Crippen LogP contribution is -1.90. The van der Waals surface area contributed by atoms with Gasteiger partial charge in [0.2, 0.25) is 0 Å². The molecule has 2 aromatic carbocycles. The van der Waals surface area contributed by atoms with Crippen LogP contribution in [0.15, 0.2) is 42.5 Å². The second-order valence-electron chi connectivity index (χ2n) is 4.97. The lowest BCUT2D eigenvalue weighted by atomic mass is 10.1. The maximum Gasteiger partial charge on any atom is 0.169 e. The number of nitrogens with zero attached hydrogens (tertiary/aromatic N) is 1. The van der Waals surface area contributed by atoms with Crippen molar-refractivity contribution in [1.82, 2.24) is 0 Å². The molecular weight excluding hydrogens is 262 g/mol. The van der Waals surface area contributed by atoms with Crippen molar-refractivity contribution in [3.05, 3.63) is 53.6 Å². The molecule has 0 atom stereocenters. The van der Waals surface area contributed by atoms with E-state index in [-0.39, 0.29) is 5.75 Å². The summed E-state index contributed by atoms with van der Waals surface area (Å²) in [6, 6.07) is 14.5. The summed E-state index contributed by atoms with van der Waals surface area (Å²) in [5, 5.41) is 19.1. The highest BCUT2D eigenvalue weighted by Crippen LogP contribution is 2.33. The first kappa shape index (κ1) is 14.9. The Hall–Kier alpha value is -2.47. The summed E-state index contributed by atoms with van der Waals surface area (Å²) in [6.07, 6.45) is 4.44. The molecule has 0 aliphatic rings. The Morgan fingerprint density at radius 2 is 1.90 bits per heavy atom. The predicted molar refractivity (Wildman–Crippen MR) is 82.6 cm³/mol.